The number of thiocarbonyl (C=S) groups is 1. The van der Waals surface area contributed by atoms with Gasteiger partial charge < -0.3 is 29.6 Å². The second kappa shape index (κ2) is 12.1. The van der Waals surface area contributed by atoms with Crippen molar-refractivity contribution in [3.8, 4) is 0 Å². The van der Waals surface area contributed by atoms with Crippen LogP contribution in [-0.4, -0.2) is 28.5 Å². The van der Waals surface area contributed by atoms with E-state index >= 15 is 0 Å². The van der Waals surface area contributed by atoms with Crippen molar-refractivity contribution >= 4 is 39.6 Å². The molecule has 0 spiro atoms. The van der Waals surface area contributed by atoms with E-state index in [1.54, 1.807) is 0 Å². The number of ether oxygens (including phenoxy) is 1. The van der Waals surface area contributed by atoms with E-state index in [0.717, 1.165) is 12.8 Å². The summed E-state index contributed by atoms with van der Waals surface area (Å²) in [5, 5.41) is 0. The number of hydrogen-bond acceptors (Lipinski definition) is 5. The molecule has 0 radical (unpaired) electrons. The molecule has 0 aliphatic heterocycles. The minimum Gasteiger partial charge on any atom is -0.514 e. The molecule has 0 bridgehead atoms. The van der Waals surface area contributed by atoms with Crippen LogP contribution in [0, 0.1) is 0 Å². The SMILES string of the molecule is CCCCOC(=S)[S-].O=S(=O)(O)O.[Na+]. The molecule has 0 fully saturated rings. The number of unbranched alkanes of at least 4 members (excludes halogenated alkanes) is 1. The van der Waals surface area contributed by atoms with Crippen LogP contribution in [0.1, 0.15) is 19.8 Å². The van der Waals surface area contributed by atoms with Gasteiger partial charge in [-0.15, -0.1) is 0 Å². The maximum atomic E-state index is 8.74. The van der Waals surface area contributed by atoms with E-state index in [2.05, 4.69) is 31.8 Å². The van der Waals surface area contributed by atoms with Crippen LogP contribution in [0.25, 0.3) is 0 Å². The van der Waals surface area contributed by atoms with Crippen molar-refractivity contribution in [2.24, 2.45) is 0 Å². The summed E-state index contributed by atoms with van der Waals surface area (Å²) >= 11 is 9.00. The zero-order valence-corrected chi connectivity index (χ0v) is 12.4. The fourth-order valence-corrected chi connectivity index (χ4v) is 0.467. The third-order valence-corrected chi connectivity index (χ3v) is 0.954. The normalized spacial score (nSPS) is 9.07. The molecule has 5 nitrogen and oxygen atoms in total. The molecule has 0 saturated heterocycles. The Kier molecular flexibility index (Phi) is 17.6. The van der Waals surface area contributed by atoms with Gasteiger partial charge in [-0.3, -0.25) is 9.11 Å². The topological polar surface area (TPSA) is 83.8 Å². The van der Waals surface area contributed by atoms with Gasteiger partial charge in [-0.1, -0.05) is 13.3 Å². The Morgan fingerprint density at radius 1 is 1.50 bits per heavy atom. The number of rotatable bonds is 3. The van der Waals surface area contributed by atoms with Crippen molar-refractivity contribution < 1.29 is 51.8 Å². The molecular weight excluding hydrogens is 259 g/mol. The molecular formula is C5H11NaO5S3. The summed E-state index contributed by atoms with van der Waals surface area (Å²) in [5.74, 6) is 0. The molecule has 0 atom stereocenters. The zero-order valence-electron chi connectivity index (χ0n) is 7.97. The van der Waals surface area contributed by atoms with E-state index in [4.69, 9.17) is 22.3 Å². The molecule has 9 heteroatoms. The molecule has 14 heavy (non-hydrogen) atoms. The minimum absolute atomic E-state index is 0. The molecule has 0 aromatic heterocycles. The molecule has 0 unspecified atom stereocenters. The van der Waals surface area contributed by atoms with Gasteiger partial charge in [-0.25, -0.2) is 0 Å². The van der Waals surface area contributed by atoms with Crippen LogP contribution < -0.4 is 29.6 Å². The van der Waals surface area contributed by atoms with E-state index in [1.807, 2.05) is 0 Å². The fourth-order valence-electron chi connectivity index (χ4n) is 0.300. The van der Waals surface area contributed by atoms with E-state index in [-0.39, 0.29) is 33.9 Å². The van der Waals surface area contributed by atoms with Gasteiger partial charge in [0.05, 0.1) is 6.61 Å². The fraction of sp³-hybridized carbons (Fsp3) is 0.800. The maximum Gasteiger partial charge on any atom is 1.00 e. The molecule has 0 aliphatic rings. The van der Waals surface area contributed by atoms with Crippen molar-refractivity contribution in [2.45, 2.75) is 19.8 Å². The van der Waals surface area contributed by atoms with Crippen molar-refractivity contribution in [3.05, 3.63) is 0 Å². The van der Waals surface area contributed by atoms with Crippen LogP contribution >= 0.6 is 12.2 Å². The third kappa shape index (κ3) is 52.1. The van der Waals surface area contributed by atoms with Crippen LogP contribution in [0.2, 0.25) is 0 Å². The summed E-state index contributed by atoms with van der Waals surface area (Å²) in [7, 11) is -4.67. The summed E-state index contributed by atoms with van der Waals surface area (Å²) in [6.07, 6.45) is 2.16. The Morgan fingerprint density at radius 3 is 2.07 bits per heavy atom. The van der Waals surface area contributed by atoms with Gasteiger partial charge in [-0.2, -0.15) is 8.42 Å². The summed E-state index contributed by atoms with van der Waals surface area (Å²) in [5.41, 5.74) is 0. The molecule has 0 aromatic carbocycles. The maximum absolute atomic E-state index is 8.74. The Bertz CT molecular complexity index is 220. The van der Waals surface area contributed by atoms with E-state index in [1.165, 1.54) is 0 Å². The first-order valence-electron chi connectivity index (χ1n) is 3.31. The van der Waals surface area contributed by atoms with Crippen LogP contribution in [0.5, 0.6) is 0 Å². The first-order chi connectivity index (χ1) is 5.77. The molecule has 80 valence electrons. The Balaban J connectivity index is -0.000000177. The largest absolute Gasteiger partial charge is 1.00 e. The average Bonchev–Trinajstić information content (AvgIpc) is 1.83. The first kappa shape index (κ1) is 20.4. The van der Waals surface area contributed by atoms with Crippen molar-refractivity contribution in [3.63, 3.8) is 0 Å². The summed E-state index contributed by atoms with van der Waals surface area (Å²) < 4.78 is 36.6. The number of hydrogen-bond donors (Lipinski definition) is 2. The molecule has 0 rings (SSSR count). The minimum atomic E-state index is -4.67. The van der Waals surface area contributed by atoms with E-state index in [9.17, 15) is 0 Å². The van der Waals surface area contributed by atoms with E-state index in [0.29, 0.717) is 6.61 Å². The molecule has 0 amide bonds. The molecule has 0 heterocycles. The van der Waals surface area contributed by atoms with Crippen LogP contribution in [-0.2, 0) is 27.8 Å². The summed E-state index contributed by atoms with van der Waals surface area (Å²) in [4.78, 5) is 0. The zero-order chi connectivity index (χ0) is 10.9. The van der Waals surface area contributed by atoms with E-state index < -0.39 is 10.4 Å². The Labute approximate surface area is 117 Å². The van der Waals surface area contributed by atoms with Crippen molar-refractivity contribution in [1.29, 1.82) is 0 Å². The summed E-state index contributed by atoms with van der Waals surface area (Å²) in [6, 6.07) is 0. The third-order valence-electron chi connectivity index (χ3n) is 0.718. The van der Waals surface area contributed by atoms with Gasteiger partial charge in [0.25, 0.3) is 0 Å². The average molecular weight is 270 g/mol. The second-order valence-corrected chi connectivity index (χ2v) is 3.80. The second-order valence-electron chi connectivity index (χ2n) is 1.90. The van der Waals surface area contributed by atoms with Crippen molar-refractivity contribution in [2.75, 3.05) is 6.61 Å². The van der Waals surface area contributed by atoms with Crippen LogP contribution in [0.3, 0.4) is 0 Å². The smallest absolute Gasteiger partial charge is 0.514 e. The quantitative estimate of drug-likeness (QED) is 0.201. The molecule has 0 aliphatic carbocycles. The van der Waals surface area contributed by atoms with Crippen LogP contribution in [0.4, 0.5) is 0 Å². The molecule has 0 saturated carbocycles. The Hall–Kier alpha value is 0.980. The van der Waals surface area contributed by atoms with Gasteiger partial charge in [0.2, 0.25) is 0 Å². The molecule has 2 N–H and O–H groups in total. The summed E-state index contributed by atoms with van der Waals surface area (Å²) in [6.45, 7) is 2.77. The van der Waals surface area contributed by atoms with Gasteiger partial charge >= 0.3 is 40.0 Å². The van der Waals surface area contributed by atoms with Crippen molar-refractivity contribution in [1.82, 2.24) is 0 Å². The van der Waals surface area contributed by atoms with Gasteiger partial charge in [0.1, 0.15) is 0 Å². The van der Waals surface area contributed by atoms with Gasteiger partial charge in [-0.05, 0) is 6.42 Å². The predicted molar refractivity (Wildman–Crippen MR) is 55.0 cm³/mol. The first-order valence-corrected chi connectivity index (χ1v) is 5.52. The standard InChI is InChI=1S/C5H10OS2.Na.H2O4S/c1-2-3-4-6-5(7)8;;1-5(2,3)4/h2-4H2,1H3,(H,7,8);;(H2,1,2,3,4)/q;+1;/p-1. The molecule has 0 aromatic rings. The van der Waals surface area contributed by atoms with Gasteiger partial charge in [0.15, 0.2) is 0 Å². The predicted octanol–water partition coefficient (Wildman–Crippen LogP) is -2.01. The Morgan fingerprint density at radius 2 is 1.86 bits per heavy atom. The monoisotopic (exact) mass is 270 g/mol. The van der Waals surface area contributed by atoms with Gasteiger partial charge in [0, 0.05) is 4.38 Å². The van der Waals surface area contributed by atoms with Crippen LogP contribution in [0.15, 0.2) is 0 Å².